The van der Waals surface area contributed by atoms with Gasteiger partial charge in [-0.15, -0.1) is 0 Å². The van der Waals surface area contributed by atoms with Gasteiger partial charge in [0, 0.05) is 17.3 Å². The maximum Gasteiger partial charge on any atom is 0.122 e. The van der Waals surface area contributed by atoms with Crippen LogP contribution in [0.1, 0.15) is 17.5 Å². The van der Waals surface area contributed by atoms with Crippen molar-refractivity contribution in [1.82, 2.24) is 0 Å². The van der Waals surface area contributed by atoms with Crippen LogP contribution in [0.2, 0.25) is 0 Å². The molecule has 0 fully saturated rings. The van der Waals surface area contributed by atoms with Crippen LogP contribution < -0.4 is 0 Å². The Hall–Kier alpha value is -1.01. The molecule has 1 aromatic carbocycles. The predicted octanol–water partition coefficient (Wildman–Crippen LogP) is 2.74. The summed E-state index contributed by atoms with van der Waals surface area (Å²) in [6.45, 7) is 0. The van der Waals surface area contributed by atoms with Gasteiger partial charge in [-0.3, -0.25) is 0 Å². The summed E-state index contributed by atoms with van der Waals surface area (Å²) >= 11 is 3.29. The van der Waals surface area contributed by atoms with Crippen molar-refractivity contribution in [3.63, 3.8) is 0 Å². The zero-order chi connectivity index (χ0) is 9.68. The fraction of sp³-hybridized carbons (Fsp3) is 0.300. The Labute approximate surface area is 85.9 Å². The molecule has 1 rings (SSSR count). The van der Waals surface area contributed by atoms with Crippen LogP contribution in [-0.2, 0) is 11.8 Å². The molecule has 13 heavy (non-hydrogen) atoms. The molecule has 0 saturated heterocycles. The summed E-state index contributed by atoms with van der Waals surface area (Å²) in [6.07, 6.45) is 1.06. The minimum atomic E-state index is 0.314. The van der Waals surface area contributed by atoms with E-state index in [1.165, 1.54) is 0 Å². The van der Waals surface area contributed by atoms with E-state index >= 15 is 0 Å². The molecular weight excluding hydrogens is 230 g/mol. The summed E-state index contributed by atoms with van der Waals surface area (Å²) in [6, 6.07) is 7.66. The number of aryl methyl sites for hydroxylation is 1. The molecule has 0 aliphatic carbocycles. The van der Waals surface area contributed by atoms with E-state index in [9.17, 15) is 5.11 Å². The van der Waals surface area contributed by atoms with Crippen molar-refractivity contribution in [3.8, 4) is 11.8 Å². The van der Waals surface area contributed by atoms with Crippen LogP contribution in [0.4, 0.5) is 0 Å². The fourth-order valence-electron chi connectivity index (χ4n) is 1.14. The predicted molar refractivity (Wildman–Crippen MR) is 54.7 cm³/mol. The van der Waals surface area contributed by atoms with Crippen LogP contribution in [0.3, 0.4) is 0 Å². The number of hydrogen-bond donors (Lipinski definition) is 1. The summed E-state index contributed by atoms with van der Waals surface area (Å²) < 4.78 is 0. The average molecular weight is 240 g/mol. The van der Waals surface area contributed by atoms with Crippen LogP contribution in [0, 0.1) is 11.3 Å². The molecular formula is C10H10BrNO. The Morgan fingerprint density at radius 2 is 2.08 bits per heavy atom. The molecule has 0 amide bonds. The molecule has 0 aromatic heterocycles. The highest BCUT2D eigenvalue weighted by molar-refractivity contribution is 9.08. The van der Waals surface area contributed by atoms with Crippen LogP contribution in [0.15, 0.2) is 18.2 Å². The van der Waals surface area contributed by atoms with Gasteiger partial charge in [0.2, 0.25) is 0 Å². The second-order valence-electron chi connectivity index (χ2n) is 2.72. The largest absolute Gasteiger partial charge is 0.507 e. The first kappa shape index (κ1) is 10.1. The summed E-state index contributed by atoms with van der Waals surface area (Å²) in [5.74, 6) is 0.314. The average Bonchev–Trinajstić information content (AvgIpc) is 2.16. The number of hydrogen-bond acceptors (Lipinski definition) is 2. The number of rotatable bonds is 3. The number of phenols is 1. The van der Waals surface area contributed by atoms with Crippen LogP contribution in [0.25, 0.3) is 0 Å². The van der Waals surface area contributed by atoms with Crippen LogP contribution in [-0.4, -0.2) is 5.11 Å². The number of para-hydroxylation sites is 1. The topological polar surface area (TPSA) is 44.0 Å². The first-order chi connectivity index (χ1) is 6.29. The van der Waals surface area contributed by atoms with Gasteiger partial charge in [0.25, 0.3) is 0 Å². The van der Waals surface area contributed by atoms with Gasteiger partial charge in [-0.25, -0.2) is 0 Å². The first-order valence-corrected chi connectivity index (χ1v) is 5.14. The molecule has 1 N–H and O–H groups in total. The summed E-state index contributed by atoms with van der Waals surface area (Å²) in [5, 5.41) is 18.7. The summed E-state index contributed by atoms with van der Waals surface area (Å²) in [7, 11) is 0. The number of halogens is 1. The number of aromatic hydroxyl groups is 1. The molecule has 0 spiro atoms. The van der Waals surface area contributed by atoms with Crippen molar-refractivity contribution in [3.05, 3.63) is 29.3 Å². The van der Waals surface area contributed by atoms with Crippen molar-refractivity contribution < 1.29 is 5.11 Å². The van der Waals surface area contributed by atoms with E-state index in [2.05, 4.69) is 22.0 Å². The molecule has 2 nitrogen and oxygen atoms in total. The van der Waals surface area contributed by atoms with Gasteiger partial charge in [0.15, 0.2) is 0 Å². The molecule has 0 aliphatic rings. The SMILES string of the molecule is N#CCCc1cccc(CBr)c1O. The summed E-state index contributed by atoms with van der Waals surface area (Å²) in [4.78, 5) is 0. The monoisotopic (exact) mass is 239 g/mol. The van der Waals surface area contributed by atoms with Crippen molar-refractivity contribution in [1.29, 1.82) is 5.26 Å². The van der Waals surface area contributed by atoms with Crippen molar-refractivity contribution in [2.24, 2.45) is 0 Å². The molecule has 0 atom stereocenters. The smallest absolute Gasteiger partial charge is 0.122 e. The second kappa shape index (κ2) is 4.88. The van der Waals surface area contributed by atoms with Gasteiger partial charge in [0.1, 0.15) is 5.75 Å². The highest BCUT2D eigenvalue weighted by Crippen LogP contribution is 2.25. The molecule has 0 heterocycles. The van der Waals surface area contributed by atoms with E-state index in [-0.39, 0.29) is 0 Å². The van der Waals surface area contributed by atoms with Crippen molar-refractivity contribution in [2.45, 2.75) is 18.2 Å². The number of nitrogens with zero attached hydrogens (tertiary/aromatic N) is 1. The number of alkyl halides is 1. The number of nitriles is 1. The highest BCUT2D eigenvalue weighted by Gasteiger charge is 2.04. The quantitative estimate of drug-likeness (QED) is 0.825. The van der Waals surface area contributed by atoms with E-state index in [4.69, 9.17) is 5.26 Å². The fourth-order valence-corrected chi connectivity index (χ4v) is 1.60. The minimum absolute atomic E-state index is 0.314. The Kier molecular flexibility index (Phi) is 3.78. The number of benzene rings is 1. The lowest BCUT2D eigenvalue weighted by molar-refractivity contribution is 0.463. The van der Waals surface area contributed by atoms with E-state index in [1.54, 1.807) is 0 Å². The van der Waals surface area contributed by atoms with Gasteiger partial charge in [-0.05, 0) is 12.0 Å². The third-order valence-electron chi connectivity index (χ3n) is 1.85. The Morgan fingerprint density at radius 3 is 2.69 bits per heavy atom. The van der Waals surface area contributed by atoms with E-state index < -0.39 is 0 Å². The van der Waals surface area contributed by atoms with Crippen molar-refractivity contribution >= 4 is 15.9 Å². The van der Waals surface area contributed by atoms with Gasteiger partial charge in [0.05, 0.1) is 6.07 Å². The van der Waals surface area contributed by atoms with E-state index in [0.29, 0.717) is 23.9 Å². The third-order valence-corrected chi connectivity index (χ3v) is 2.46. The zero-order valence-corrected chi connectivity index (χ0v) is 8.71. The molecule has 0 bridgehead atoms. The third kappa shape index (κ3) is 2.46. The molecule has 3 heteroatoms. The lowest BCUT2D eigenvalue weighted by Gasteiger charge is -2.05. The highest BCUT2D eigenvalue weighted by atomic mass is 79.9. The zero-order valence-electron chi connectivity index (χ0n) is 7.13. The summed E-state index contributed by atoms with van der Waals surface area (Å²) in [5.41, 5.74) is 1.72. The Balaban J connectivity index is 2.89. The second-order valence-corrected chi connectivity index (χ2v) is 3.28. The molecule has 0 aliphatic heterocycles. The van der Waals surface area contributed by atoms with Crippen molar-refractivity contribution in [2.75, 3.05) is 0 Å². The molecule has 1 aromatic rings. The molecule has 0 radical (unpaired) electrons. The Morgan fingerprint density at radius 1 is 1.38 bits per heavy atom. The lowest BCUT2D eigenvalue weighted by Crippen LogP contribution is -1.88. The molecule has 68 valence electrons. The minimum Gasteiger partial charge on any atom is -0.507 e. The van der Waals surface area contributed by atoms with Crippen LogP contribution in [0.5, 0.6) is 5.75 Å². The van der Waals surface area contributed by atoms with Gasteiger partial charge in [-0.1, -0.05) is 34.1 Å². The Bertz CT molecular complexity index is 330. The van der Waals surface area contributed by atoms with Crippen LogP contribution >= 0.6 is 15.9 Å². The number of phenolic OH excluding ortho intramolecular Hbond substituents is 1. The van der Waals surface area contributed by atoms with Gasteiger partial charge < -0.3 is 5.11 Å². The maximum atomic E-state index is 9.68. The standard InChI is InChI=1S/C10H10BrNO/c11-7-9-4-1-3-8(10(9)13)5-2-6-12/h1,3-4,13H,2,5,7H2. The normalized spacial score (nSPS) is 9.54. The van der Waals surface area contributed by atoms with Gasteiger partial charge >= 0.3 is 0 Å². The molecule has 0 unspecified atom stereocenters. The lowest BCUT2D eigenvalue weighted by atomic mass is 10.1. The van der Waals surface area contributed by atoms with E-state index in [0.717, 1.165) is 11.1 Å². The maximum absolute atomic E-state index is 9.68. The van der Waals surface area contributed by atoms with Gasteiger partial charge in [-0.2, -0.15) is 5.26 Å². The first-order valence-electron chi connectivity index (χ1n) is 4.02. The van der Waals surface area contributed by atoms with E-state index in [1.807, 2.05) is 18.2 Å². The molecule has 0 saturated carbocycles.